The number of aromatic nitrogens is 2. The number of aliphatic hydroxyl groups is 3. The molecule has 4 aromatic rings. The van der Waals surface area contributed by atoms with Gasteiger partial charge in [-0.3, -0.25) is 14.4 Å². The maximum atomic E-state index is 12.7. The molecule has 0 spiro atoms. The molecule has 12 nitrogen and oxygen atoms in total. The van der Waals surface area contributed by atoms with Gasteiger partial charge in [0, 0.05) is 47.0 Å². The minimum absolute atomic E-state index is 0.0267. The maximum Gasteiger partial charge on any atom is 0.324 e. The summed E-state index contributed by atoms with van der Waals surface area (Å²) in [4.78, 5) is 43.0. The first-order valence-electron chi connectivity index (χ1n) is 13.6. The largest absolute Gasteiger partial charge is 0.462 e. The van der Waals surface area contributed by atoms with E-state index in [0.717, 1.165) is 27.4 Å². The number of rotatable bonds is 15. The van der Waals surface area contributed by atoms with E-state index in [2.05, 4.69) is 21.4 Å². The van der Waals surface area contributed by atoms with E-state index >= 15 is 0 Å². The van der Waals surface area contributed by atoms with Gasteiger partial charge in [0.15, 0.2) is 12.4 Å². The molecule has 2 aromatic carbocycles. The quantitative estimate of drug-likeness (QED) is 0.0760. The van der Waals surface area contributed by atoms with Crippen LogP contribution in [-0.4, -0.2) is 86.6 Å². The molecular formula is C28H32N4O8. The Morgan fingerprint density at radius 1 is 0.850 bits per heavy atom. The second-order valence-corrected chi connectivity index (χ2v) is 9.45. The van der Waals surface area contributed by atoms with Crippen LogP contribution in [-0.2, 0) is 36.7 Å². The van der Waals surface area contributed by atoms with Crippen LogP contribution >= 0.6 is 0 Å². The summed E-state index contributed by atoms with van der Waals surface area (Å²) in [5.74, 6) is -1.93. The van der Waals surface area contributed by atoms with Gasteiger partial charge in [-0.2, -0.15) is 0 Å². The number of aldehydes is 1. The van der Waals surface area contributed by atoms with E-state index in [1.165, 1.54) is 0 Å². The summed E-state index contributed by atoms with van der Waals surface area (Å²) in [6.07, 6.45) is -4.28. The minimum Gasteiger partial charge on any atom is -0.462 e. The maximum absolute atomic E-state index is 12.7. The highest BCUT2D eigenvalue weighted by molar-refractivity contribution is 5.85. The number of benzene rings is 2. The summed E-state index contributed by atoms with van der Waals surface area (Å²) in [5, 5.41) is 32.9. The molecule has 12 heteroatoms. The Morgan fingerprint density at radius 3 is 1.90 bits per heavy atom. The molecule has 0 bridgehead atoms. The van der Waals surface area contributed by atoms with E-state index in [1.54, 1.807) is 12.4 Å². The van der Waals surface area contributed by atoms with Gasteiger partial charge in [-0.25, -0.2) is 0 Å². The molecule has 9 N–H and O–H groups in total. The number of aliphatic hydroxyl groups excluding tert-OH is 3. The highest BCUT2D eigenvalue weighted by atomic mass is 16.6. The summed E-state index contributed by atoms with van der Waals surface area (Å²) in [6.45, 7) is -0.778. The summed E-state index contributed by atoms with van der Waals surface area (Å²) >= 11 is 0. The van der Waals surface area contributed by atoms with Crippen molar-refractivity contribution in [3.8, 4) is 0 Å². The molecule has 0 fully saturated rings. The Hall–Kier alpha value is -4.07. The molecule has 2 heterocycles. The summed E-state index contributed by atoms with van der Waals surface area (Å²) < 4.78 is 25.2. The van der Waals surface area contributed by atoms with E-state index in [1.807, 2.05) is 48.5 Å². The predicted octanol–water partition coefficient (Wildman–Crippen LogP) is -0.174. The third-order valence-corrected chi connectivity index (χ3v) is 6.63. The Kier molecular flexibility index (Phi) is 8.41. The van der Waals surface area contributed by atoms with E-state index in [4.69, 9.17) is 12.3 Å². The zero-order valence-electron chi connectivity index (χ0n) is 23.3. The van der Waals surface area contributed by atoms with Crippen molar-refractivity contribution in [3.05, 3.63) is 72.1 Å². The Balaban J connectivity index is 1.30. The molecule has 0 saturated carbocycles. The third kappa shape index (κ3) is 6.55. The molecule has 0 amide bonds. The summed E-state index contributed by atoms with van der Waals surface area (Å²) in [7, 11) is 0. The van der Waals surface area contributed by atoms with Gasteiger partial charge in [-0.15, -0.1) is 0 Å². The topological polar surface area (TPSA) is 214 Å². The number of hydrogen-bond donors (Lipinski definition) is 7. The number of nitrogens with one attached hydrogen (secondary N) is 2. The molecular weight excluding hydrogens is 520 g/mol. The average Bonchev–Trinajstić information content (AvgIpc) is 3.62. The molecule has 0 aliphatic rings. The number of nitrogens with two attached hydrogens (primary N) is 2. The van der Waals surface area contributed by atoms with Gasteiger partial charge < -0.3 is 46.2 Å². The van der Waals surface area contributed by atoms with Crippen molar-refractivity contribution < 1.29 is 42.0 Å². The average molecular weight is 555 g/mol. The van der Waals surface area contributed by atoms with Crippen LogP contribution in [0.4, 0.5) is 0 Å². The number of H-pyrrole nitrogens is 2. The lowest BCUT2D eigenvalue weighted by Crippen LogP contribution is -2.50. The van der Waals surface area contributed by atoms with Crippen LogP contribution in [0, 0.1) is 0 Å². The summed E-state index contributed by atoms with van der Waals surface area (Å²) in [6, 6.07) is 12.4. The van der Waals surface area contributed by atoms with E-state index in [-0.39, 0.29) is 19.1 Å². The zero-order valence-corrected chi connectivity index (χ0v) is 21.3. The van der Waals surface area contributed by atoms with Crippen molar-refractivity contribution >= 4 is 40.0 Å². The van der Waals surface area contributed by atoms with Gasteiger partial charge in [0.2, 0.25) is 0 Å². The molecule has 0 saturated heterocycles. The van der Waals surface area contributed by atoms with Crippen LogP contribution in [0.2, 0.25) is 2.82 Å². The smallest absolute Gasteiger partial charge is 0.324 e. The van der Waals surface area contributed by atoms with Gasteiger partial charge in [0.05, 0.1) is 0 Å². The first-order valence-corrected chi connectivity index (χ1v) is 12.6. The molecule has 0 aliphatic heterocycles. The second-order valence-electron chi connectivity index (χ2n) is 9.45. The van der Waals surface area contributed by atoms with Crippen molar-refractivity contribution in [2.24, 2.45) is 11.5 Å². The molecule has 40 heavy (non-hydrogen) atoms. The molecule has 6 atom stereocenters. The number of aromatic amines is 2. The predicted molar refractivity (Wildman–Crippen MR) is 145 cm³/mol. The van der Waals surface area contributed by atoms with Crippen LogP contribution < -0.4 is 11.5 Å². The van der Waals surface area contributed by atoms with Crippen LogP contribution in [0.3, 0.4) is 0 Å². The lowest BCUT2D eigenvalue weighted by molar-refractivity contribution is -0.171. The number of para-hydroxylation sites is 2. The van der Waals surface area contributed by atoms with Crippen molar-refractivity contribution in [3.63, 3.8) is 0 Å². The van der Waals surface area contributed by atoms with Crippen molar-refractivity contribution in [1.29, 1.82) is 0 Å². The number of ether oxygens (including phenoxy) is 2. The molecule has 212 valence electrons. The lowest BCUT2D eigenvalue weighted by atomic mass is 10.0. The molecule has 0 radical (unpaired) electrons. The second kappa shape index (κ2) is 12.9. The standard InChI is InChI=1S/C28H32N4O8/c29-19(9-15-11-31-21-7-3-1-5-17(15)21)27(37)39-14-23(34)25(35)26(36)24(13-33)40-28(38)20(30)10-16-12-32-22-8-4-2-6-18(16)22/h1-8,11-13,19-20,23-26,31-32,34-36H,9-10,14,29-30H2/t19-,20-,23+,24-,25+,26+/m0/s1/i/hD2. The van der Waals surface area contributed by atoms with E-state index in [9.17, 15) is 29.7 Å². The Morgan fingerprint density at radius 2 is 1.38 bits per heavy atom. The normalized spacial score (nSPS) is 16.8. The highest BCUT2D eigenvalue weighted by Crippen LogP contribution is 2.20. The fraction of sp³-hybridized carbons (Fsp3) is 0.321. The van der Waals surface area contributed by atoms with Crippen LogP contribution in [0.15, 0.2) is 60.9 Å². The van der Waals surface area contributed by atoms with Crippen LogP contribution in [0.25, 0.3) is 21.8 Å². The SMILES string of the molecule is [2H]N[C@@H](Cc1c[nH]c2ccccc12)C(=O)OC[C@@H](O)[C@@H](O)[C@H](O)[C@H](C=O)OC(=O)[C@H](Cc1c[nH]c2ccccc12)N[2H]. The molecule has 0 aliphatic carbocycles. The minimum atomic E-state index is -2.07. The fourth-order valence-electron chi connectivity index (χ4n) is 4.39. The highest BCUT2D eigenvalue weighted by Gasteiger charge is 2.35. The lowest BCUT2D eigenvalue weighted by Gasteiger charge is -2.27. The van der Waals surface area contributed by atoms with Gasteiger partial charge in [0.25, 0.3) is 0 Å². The number of carbonyl (C=O) groups excluding carboxylic acids is 3. The zero-order chi connectivity index (χ0) is 30.2. The van der Waals surface area contributed by atoms with Crippen LogP contribution in [0.5, 0.6) is 0 Å². The first-order chi connectivity index (χ1) is 20.3. The molecule has 4 rings (SSSR count). The van der Waals surface area contributed by atoms with Gasteiger partial charge >= 0.3 is 11.9 Å². The van der Waals surface area contributed by atoms with Gasteiger partial charge in [0.1, 0.15) is 39.8 Å². The van der Waals surface area contributed by atoms with Crippen molar-refractivity contribution in [1.82, 2.24) is 9.97 Å². The fourth-order valence-corrected chi connectivity index (χ4v) is 4.39. The van der Waals surface area contributed by atoms with E-state index in [0.29, 0.717) is 5.56 Å². The Bertz CT molecular complexity index is 1510. The number of esters is 2. The number of fused-ring (bicyclic) bond motifs is 2. The summed E-state index contributed by atoms with van der Waals surface area (Å²) in [5.41, 5.74) is 7.32. The first kappa shape index (κ1) is 26.2. The number of carbonyl (C=O) groups is 3. The van der Waals surface area contributed by atoms with Crippen molar-refractivity contribution in [2.45, 2.75) is 49.3 Å². The van der Waals surface area contributed by atoms with Gasteiger partial charge in [-0.05, 0) is 23.3 Å². The monoisotopic (exact) mass is 554 g/mol. The number of hydrogen-bond acceptors (Lipinski definition) is 10. The Labute approximate surface area is 231 Å². The molecule has 2 aromatic heterocycles. The van der Waals surface area contributed by atoms with Crippen molar-refractivity contribution in [2.75, 3.05) is 6.61 Å². The molecule has 0 unspecified atom stereocenters. The third-order valence-electron chi connectivity index (χ3n) is 6.63. The van der Waals surface area contributed by atoms with Gasteiger partial charge in [-0.1, -0.05) is 36.4 Å². The van der Waals surface area contributed by atoms with Crippen LogP contribution in [0.1, 0.15) is 11.1 Å². The van der Waals surface area contributed by atoms with E-state index < -0.39 is 55.0 Å².